The average molecular weight is 290 g/mol. The molecule has 2 rings (SSSR count). The first-order chi connectivity index (χ1) is 9.79. The van der Waals surface area contributed by atoms with Crippen LogP contribution in [-0.4, -0.2) is 37.6 Å². The van der Waals surface area contributed by atoms with E-state index in [0.717, 1.165) is 11.4 Å². The predicted octanol–water partition coefficient (Wildman–Crippen LogP) is 1.25. The van der Waals surface area contributed by atoms with Gasteiger partial charge in [-0.15, -0.1) is 0 Å². The van der Waals surface area contributed by atoms with E-state index in [0.29, 0.717) is 16.9 Å². The van der Waals surface area contributed by atoms with Crippen molar-refractivity contribution in [1.29, 1.82) is 0 Å². The zero-order chi connectivity index (χ0) is 15.7. The van der Waals surface area contributed by atoms with Crippen molar-refractivity contribution in [3.05, 3.63) is 28.7 Å². The van der Waals surface area contributed by atoms with Gasteiger partial charge in [-0.3, -0.25) is 9.59 Å². The highest BCUT2D eigenvalue weighted by Gasteiger charge is 2.21. The van der Waals surface area contributed by atoms with Gasteiger partial charge in [0.05, 0.1) is 12.1 Å². The molecular formula is C14H18N4O3. The molecule has 0 bridgehead atoms. The fourth-order valence-corrected chi connectivity index (χ4v) is 2.30. The third-order valence-corrected chi connectivity index (χ3v) is 3.16. The second kappa shape index (κ2) is 5.51. The van der Waals surface area contributed by atoms with Crippen LogP contribution in [0.1, 0.15) is 40.8 Å². The maximum absolute atomic E-state index is 12.4. The molecular weight excluding hydrogens is 272 g/mol. The van der Waals surface area contributed by atoms with Crippen LogP contribution in [0.2, 0.25) is 0 Å². The molecule has 0 saturated carbocycles. The van der Waals surface area contributed by atoms with Gasteiger partial charge >= 0.3 is 5.97 Å². The number of rotatable bonds is 4. The first-order valence-electron chi connectivity index (χ1n) is 6.66. The van der Waals surface area contributed by atoms with Gasteiger partial charge in [-0.05, 0) is 33.8 Å². The monoisotopic (exact) mass is 290 g/mol. The Labute approximate surface area is 122 Å². The van der Waals surface area contributed by atoms with Gasteiger partial charge in [0, 0.05) is 17.4 Å². The zero-order valence-corrected chi connectivity index (χ0v) is 12.5. The van der Waals surface area contributed by atoms with Gasteiger partial charge in [-0.25, -0.2) is 9.50 Å². The number of aryl methyl sites for hydroxylation is 3. The molecule has 0 saturated heterocycles. The first-order valence-corrected chi connectivity index (χ1v) is 6.66. The number of aromatic nitrogens is 3. The molecule has 2 N–H and O–H groups in total. The molecule has 1 atom stereocenters. The van der Waals surface area contributed by atoms with E-state index in [2.05, 4.69) is 15.4 Å². The van der Waals surface area contributed by atoms with Crippen LogP contribution in [0, 0.1) is 20.8 Å². The Morgan fingerprint density at radius 2 is 2.05 bits per heavy atom. The third kappa shape index (κ3) is 3.01. The highest BCUT2D eigenvalue weighted by molar-refractivity contribution is 6.01. The summed E-state index contributed by atoms with van der Waals surface area (Å²) in [5, 5.41) is 15.7. The van der Waals surface area contributed by atoms with E-state index in [1.165, 1.54) is 0 Å². The van der Waals surface area contributed by atoms with E-state index < -0.39 is 12.0 Å². The normalized spacial score (nSPS) is 12.4. The highest BCUT2D eigenvalue weighted by Crippen LogP contribution is 2.16. The summed E-state index contributed by atoms with van der Waals surface area (Å²) in [5.41, 5.74) is 3.13. The van der Waals surface area contributed by atoms with Gasteiger partial charge in [-0.2, -0.15) is 5.10 Å². The van der Waals surface area contributed by atoms with Crippen LogP contribution < -0.4 is 5.32 Å². The van der Waals surface area contributed by atoms with Gasteiger partial charge in [-0.1, -0.05) is 0 Å². The van der Waals surface area contributed by atoms with E-state index in [4.69, 9.17) is 5.11 Å². The molecule has 0 aliphatic carbocycles. The molecule has 0 spiro atoms. The molecule has 7 heteroatoms. The van der Waals surface area contributed by atoms with E-state index in [9.17, 15) is 9.59 Å². The lowest BCUT2D eigenvalue weighted by Crippen LogP contribution is -2.34. The van der Waals surface area contributed by atoms with Crippen LogP contribution in [0.25, 0.3) is 5.65 Å². The lowest BCUT2D eigenvalue weighted by atomic mass is 10.2. The summed E-state index contributed by atoms with van der Waals surface area (Å²) in [6.07, 6.45) is -0.129. The van der Waals surface area contributed by atoms with E-state index in [1.807, 2.05) is 19.9 Å². The van der Waals surface area contributed by atoms with Gasteiger partial charge in [0.25, 0.3) is 5.91 Å². The Morgan fingerprint density at radius 1 is 1.38 bits per heavy atom. The van der Waals surface area contributed by atoms with Gasteiger partial charge < -0.3 is 10.4 Å². The fraction of sp³-hybridized carbons (Fsp3) is 0.429. The Morgan fingerprint density at radius 3 is 2.67 bits per heavy atom. The zero-order valence-electron chi connectivity index (χ0n) is 12.5. The summed E-state index contributed by atoms with van der Waals surface area (Å²) in [4.78, 5) is 27.4. The largest absolute Gasteiger partial charge is 0.481 e. The van der Waals surface area contributed by atoms with Crippen LogP contribution in [-0.2, 0) is 4.79 Å². The molecule has 0 aromatic carbocycles. The molecule has 7 nitrogen and oxygen atoms in total. The number of aliphatic carboxylic acids is 1. The summed E-state index contributed by atoms with van der Waals surface area (Å²) >= 11 is 0. The van der Waals surface area contributed by atoms with Crippen molar-refractivity contribution in [2.24, 2.45) is 0 Å². The number of carboxylic acid groups (broad SMARTS) is 1. The molecule has 1 unspecified atom stereocenters. The molecule has 2 aromatic heterocycles. The average Bonchev–Trinajstić information content (AvgIpc) is 2.64. The van der Waals surface area contributed by atoms with Crippen molar-refractivity contribution >= 4 is 17.5 Å². The maximum Gasteiger partial charge on any atom is 0.305 e. The molecule has 21 heavy (non-hydrogen) atoms. The van der Waals surface area contributed by atoms with E-state index in [1.54, 1.807) is 18.4 Å². The molecule has 112 valence electrons. The van der Waals surface area contributed by atoms with E-state index in [-0.39, 0.29) is 12.3 Å². The highest BCUT2D eigenvalue weighted by atomic mass is 16.4. The molecule has 2 aromatic rings. The first kappa shape index (κ1) is 15.0. The van der Waals surface area contributed by atoms with Crippen LogP contribution in [0.3, 0.4) is 0 Å². The Bertz CT molecular complexity index is 721. The number of fused-ring (bicyclic) bond motifs is 1. The van der Waals surface area contributed by atoms with Gasteiger partial charge in [0.15, 0.2) is 5.65 Å². The fourth-order valence-electron chi connectivity index (χ4n) is 2.30. The van der Waals surface area contributed by atoms with Crippen LogP contribution in [0.4, 0.5) is 0 Å². The van der Waals surface area contributed by atoms with Crippen LogP contribution >= 0.6 is 0 Å². The quantitative estimate of drug-likeness (QED) is 0.883. The van der Waals surface area contributed by atoms with Crippen molar-refractivity contribution in [2.45, 2.75) is 40.2 Å². The number of amides is 1. The molecule has 0 fully saturated rings. The van der Waals surface area contributed by atoms with Crippen molar-refractivity contribution < 1.29 is 14.7 Å². The van der Waals surface area contributed by atoms with Crippen LogP contribution in [0.5, 0.6) is 0 Å². The minimum absolute atomic E-state index is 0.129. The Balaban J connectivity index is 2.39. The molecule has 0 radical (unpaired) electrons. The maximum atomic E-state index is 12.4. The molecule has 0 aliphatic heterocycles. The number of hydrogen-bond donors (Lipinski definition) is 2. The Kier molecular flexibility index (Phi) is 3.93. The van der Waals surface area contributed by atoms with Crippen molar-refractivity contribution in [1.82, 2.24) is 19.9 Å². The molecule has 1 amide bonds. The summed E-state index contributed by atoms with van der Waals surface area (Å²) in [7, 11) is 0. The van der Waals surface area contributed by atoms with Crippen molar-refractivity contribution in [3.63, 3.8) is 0 Å². The number of nitrogens with one attached hydrogen (secondary N) is 1. The van der Waals surface area contributed by atoms with Crippen LogP contribution in [0.15, 0.2) is 6.07 Å². The second-order valence-corrected chi connectivity index (χ2v) is 5.21. The van der Waals surface area contributed by atoms with E-state index >= 15 is 0 Å². The number of nitrogens with zero attached hydrogens (tertiary/aromatic N) is 3. The minimum Gasteiger partial charge on any atom is -0.481 e. The molecule has 0 aliphatic rings. The SMILES string of the molecule is Cc1cc(C)n2nc(C)c(C(=O)NC(C)CC(=O)O)c2n1. The lowest BCUT2D eigenvalue weighted by molar-refractivity contribution is -0.137. The summed E-state index contributed by atoms with van der Waals surface area (Å²) in [6.45, 7) is 7.13. The smallest absolute Gasteiger partial charge is 0.305 e. The van der Waals surface area contributed by atoms with Gasteiger partial charge in [0.1, 0.15) is 5.56 Å². The van der Waals surface area contributed by atoms with Crippen molar-refractivity contribution in [2.75, 3.05) is 0 Å². The topological polar surface area (TPSA) is 96.6 Å². The second-order valence-electron chi connectivity index (χ2n) is 5.21. The number of carbonyl (C=O) groups excluding carboxylic acids is 1. The lowest BCUT2D eigenvalue weighted by Gasteiger charge is -2.11. The predicted molar refractivity (Wildman–Crippen MR) is 76.4 cm³/mol. The third-order valence-electron chi connectivity index (χ3n) is 3.16. The summed E-state index contributed by atoms with van der Waals surface area (Å²) < 4.78 is 1.62. The van der Waals surface area contributed by atoms with Crippen molar-refractivity contribution in [3.8, 4) is 0 Å². The number of carboxylic acids is 1. The minimum atomic E-state index is -0.954. The summed E-state index contributed by atoms with van der Waals surface area (Å²) in [6, 6.07) is 1.42. The summed E-state index contributed by atoms with van der Waals surface area (Å²) in [5.74, 6) is -1.31. The van der Waals surface area contributed by atoms with Gasteiger partial charge in [0.2, 0.25) is 0 Å². The number of hydrogen-bond acceptors (Lipinski definition) is 4. The standard InChI is InChI=1S/C14H18N4O3/c1-7-5-9(3)18-13(15-7)12(10(4)17-18)14(21)16-8(2)6-11(19)20/h5,8H,6H2,1-4H3,(H,16,21)(H,19,20). The number of carbonyl (C=O) groups is 2. The molecule has 2 heterocycles. The Hall–Kier alpha value is -2.44.